The second kappa shape index (κ2) is 11.7. The minimum absolute atomic E-state index is 0.00189. The van der Waals surface area contributed by atoms with Crippen molar-refractivity contribution in [1.29, 1.82) is 0 Å². The van der Waals surface area contributed by atoms with Crippen LogP contribution >= 0.6 is 11.3 Å². The van der Waals surface area contributed by atoms with Gasteiger partial charge in [-0.15, -0.1) is 11.3 Å². The fourth-order valence-corrected chi connectivity index (χ4v) is 6.48. The highest BCUT2D eigenvalue weighted by Crippen LogP contribution is 2.52. The number of halogens is 2. The number of nitrogens with zero attached hydrogens (tertiary/aromatic N) is 1. The minimum Gasteiger partial charge on any atom is -0.465 e. The van der Waals surface area contributed by atoms with Crippen LogP contribution in [-0.2, 0) is 23.9 Å². The maximum absolute atomic E-state index is 15.5. The monoisotopic (exact) mass is 578 g/mol. The first-order valence-corrected chi connectivity index (χ1v) is 14.1. The zero-order valence-corrected chi connectivity index (χ0v) is 23.3. The molecule has 1 aliphatic heterocycles. The molecule has 2 heterocycles. The van der Waals surface area contributed by atoms with Crippen molar-refractivity contribution in [2.75, 3.05) is 18.1 Å². The number of hydrogen-bond donors (Lipinski definition) is 1. The van der Waals surface area contributed by atoms with Crippen molar-refractivity contribution in [1.82, 2.24) is 0 Å². The minimum atomic E-state index is -1.25. The van der Waals surface area contributed by atoms with E-state index >= 15 is 4.39 Å². The molecule has 3 aromatic rings. The molecule has 2 N–H and O–H groups in total. The number of thiophene rings is 1. The number of nitrogens with two attached hydrogens (primary N) is 1. The number of hydrogen-bond acceptors (Lipinski definition) is 8. The molecule has 1 aromatic heterocycles. The number of ether oxygens (including phenoxy) is 2. The van der Waals surface area contributed by atoms with Crippen LogP contribution in [0.4, 0.5) is 14.5 Å². The molecule has 0 fully saturated rings. The molecule has 3 atom stereocenters. The Morgan fingerprint density at radius 3 is 2.34 bits per heavy atom. The lowest BCUT2D eigenvalue weighted by Gasteiger charge is -2.43. The van der Waals surface area contributed by atoms with Crippen molar-refractivity contribution in [3.8, 4) is 0 Å². The van der Waals surface area contributed by atoms with Crippen molar-refractivity contribution in [3.63, 3.8) is 0 Å². The van der Waals surface area contributed by atoms with Crippen LogP contribution in [0.25, 0.3) is 0 Å². The van der Waals surface area contributed by atoms with E-state index in [1.807, 2.05) is 17.5 Å². The first-order chi connectivity index (χ1) is 19.8. The zero-order valence-electron chi connectivity index (χ0n) is 22.4. The molecule has 5 rings (SSSR count). The number of benzene rings is 2. The van der Waals surface area contributed by atoms with Crippen LogP contribution in [0, 0.1) is 17.6 Å². The molecule has 0 saturated carbocycles. The number of carbonyl (C=O) groups excluding carboxylic acids is 3. The van der Waals surface area contributed by atoms with E-state index < -0.39 is 47.1 Å². The summed E-state index contributed by atoms with van der Waals surface area (Å²) in [6, 6.07) is 14.9. The van der Waals surface area contributed by atoms with Gasteiger partial charge in [-0.3, -0.25) is 14.5 Å². The molecule has 0 amide bonds. The summed E-state index contributed by atoms with van der Waals surface area (Å²) in [5, 5.41) is 1.85. The Hall–Kier alpha value is -4.31. The van der Waals surface area contributed by atoms with Crippen molar-refractivity contribution >= 4 is 34.7 Å². The normalized spacial score (nSPS) is 20.6. The van der Waals surface area contributed by atoms with Gasteiger partial charge < -0.3 is 15.2 Å². The van der Waals surface area contributed by atoms with Gasteiger partial charge in [-0.2, -0.15) is 0 Å². The largest absolute Gasteiger partial charge is 0.465 e. The summed E-state index contributed by atoms with van der Waals surface area (Å²) >= 11 is 1.39. The molecule has 0 bridgehead atoms. The zero-order chi connectivity index (χ0) is 29.3. The van der Waals surface area contributed by atoms with Crippen LogP contribution < -0.4 is 10.6 Å². The second-order valence-electron chi connectivity index (χ2n) is 9.57. The third-order valence-corrected chi connectivity index (χ3v) is 8.29. The Kier molecular flexibility index (Phi) is 8.03. The van der Waals surface area contributed by atoms with Gasteiger partial charge in [0.05, 0.1) is 24.7 Å². The van der Waals surface area contributed by atoms with E-state index in [1.165, 1.54) is 58.7 Å². The number of Topliss-reactive ketones (excluding diaryl/α,β-unsaturated/α-hetero) is 1. The van der Waals surface area contributed by atoms with E-state index in [0.717, 1.165) is 4.88 Å². The summed E-state index contributed by atoms with van der Waals surface area (Å²) in [6.07, 6.45) is 0.143. The predicted molar refractivity (Wildman–Crippen MR) is 150 cm³/mol. The van der Waals surface area contributed by atoms with Crippen LogP contribution in [0.3, 0.4) is 0 Å². The standard InChI is InChI=1S/C31H28F2N2O5S/c1-3-39-30(37)25-20(23-10-7-15-41-23)16-22-26(28(25)36)24(19-8-5-6-9-21(19)33)27(31(38)40-4-2)29(34)35(22)18-13-11-17(32)12-14-18/h5-15,20,24-25H,3-4,16,34H2,1-2H3/t20-,24-,25+/m0/s1. The fourth-order valence-electron chi connectivity index (χ4n) is 5.61. The van der Waals surface area contributed by atoms with E-state index in [-0.39, 0.29) is 42.2 Å². The van der Waals surface area contributed by atoms with Crippen LogP contribution in [0.1, 0.15) is 42.5 Å². The van der Waals surface area contributed by atoms with Gasteiger partial charge in [0.25, 0.3) is 0 Å². The van der Waals surface area contributed by atoms with Gasteiger partial charge >= 0.3 is 11.9 Å². The maximum Gasteiger partial charge on any atom is 0.338 e. The Morgan fingerprint density at radius 1 is 1.00 bits per heavy atom. The number of ketones is 1. The fraction of sp³-hybridized carbons (Fsp3) is 0.258. The molecule has 2 aliphatic rings. The lowest BCUT2D eigenvalue weighted by atomic mass is 9.68. The molecule has 7 nitrogen and oxygen atoms in total. The van der Waals surface area contributed by atoms with E-state index in [9.17, 15) is 18.8 Å². The second-order valence-corrected chi connectivity index (χ2v) is 10.5. The van der Waals surface area contributed by atoms with Crippen molar-refractivity contribution in [3.05, 3.63) is 111 Å². The highest BCUT2D eigenvalue weighted by atomic mass is 32.1. The van der Waals surface area contributed by atoms with Gasteiger partial charge in [-0.05, 0) is 62.0 Å². The summed E-state index contributed by atoms with van der Waals surface area (Å²) in [5.41, 5.74) is 7.42. The first-order valence-electron chi connectivity index (χ1n) is 13.2. The molecule has 2 aromatic carbocycles. The number of carbonyl (C=O) groups is 3. The summed E-state index contributed by atoms with van der Waals surface area (Å²) in [4.78, 5) is 43.7. The Labute approximate surface area is 239 Å². The number of rotatable bonds is 7. The SMILES string of the molecule is CCOC(=O)C1=C(N)N(c2ccc(F)cc2)C2=C(C(=O)[C@H](C(=O)OCC)[C@H](c3cccs3)C2)[C@@H]1c1ccccc1F. The molecule has 0 saturated heterocycles. The van der Waals surface area contributed by atoms with Gasteiger partial charge in [0.15, 0.2) is 5.78 Å². The highest BCUT2D eigenvalue weighted by molar-refractivity contribution is 7.10. The molecule has 1 aliphatic carbocycles. The lowest BCUT2D eigenvalue weighted by molar-refractivity contribution is -0.152. The van der Waals surface area contributed by atoms with E-state index in [1.54, 1.807) is 19.9 Å². The number of allylic oxidation sites excluding steroid dienone is 2. The molecular formula is C31H28F2N2O5S. The molecular weight excluding hydrogens is 550 g/mol. The molecule has 212 valence electrons. The molecule has 0 unspecified atom stereocenters. The van der Waals surface area contributed by atoms with Crippen molar-refractivity contribution in [2.24, 2.45) is 11.7 Å². The van der Waals surface area contributed by atoms with Crippen LogP contribution in [-0.4, -0.2) is 30.9 Å². The molecule has 41 heavy (non-hydrogen) atoms. The number of anilines is 1. The average molecular weight is 579 g/mol. The van der Waals surface area contributed by atoms with E-state index in [4.69, 9.17) is 15.2 Å². The third-order valence-electron chi connectivity index (χ3n) is 7.28. The smallest absolute Gasteiger partial charge is 0.338 e. The van der Waals surface area contributed by atoms with Gasteiger partial charge in [0, 0.05) is 33.3 Å². The summed E-state index contributed by atoms with van der Waals surface area (Å²) in [6.45, 7) is 3.33. The van der Waals surface area contributed by atoms with Crippen molar-refractivity contribution in [2.45, 2.75) is 32.1 Å². The average Bonchev–Trinajstić information content (AvgIpc) is 3.49. The van der Waals surface area contributed by atoms with Crippen LogP contribution in [0.15, 0.2) is 88.7 Å². The Morgan fingerprint density at radius 2 is 1.71 bits per heavy atom. The van der Waals surface area contributed by atoms with E-state index in [0.29, 0.717) is 11.4 Å². The topological polar surface area (TPSA) is 98.9 Å². The van der Waals surface area contributed by atoms with Crippen LogP contribution in [0.5, 0.6) is 0 Å². The summed E-state index contributed by atoms with van der Waals surface area (Å²) in [5.74, 6) is -6.46. The highest BCUT2D eigenvalue weighted by Gasteiger charge is 2.52. The van der Waals surface area contributed by atoms with Gasteiger partial charge in [-0.25, -0.2) is 13.6 Å². The number of esters is 2. The molecule has 10 heteroatoms. The Balaban J connectivity index is 1.83. The van der Waals surface area contributed by atoms with Gasteiger partial charge in [0.2, 0.25) is 0 Å². The van der Waals surface area contributed by atoms with Crippen LogP contribution in [0.2, 0.25) is 0 Å². The lowest BCUT2D eigenvalue weighted by Crippen LogP contribution is -2.46. The quantitative estimate of drug-likeness (QED) is 0.290. The van der Waals surface area contributed by atoms with Gasteiger partial charge in [-0.1, -0.05) is 24.3 Å². The van der Waals surface area contributed by atoms with Gasteiger partial charge in [0.1, 0.15) is 23.4 Å². The summed E-state index contributed by atoms with van der Waals surface area (Å²) < 4.78 is 40.1. The van der Waals surface area contributed by atoms with Crippen molar-refractivity contribution < 1.29 is 32.6 Å². The Bertz CT molecular complexity index is 1550. The third kappa shape index (κ3) is 5.04. The first kappa shape index (κ1) is 28.2. The molecule has 0 radical (unpaired) electrons. The van der Waals surface area contributed by atoms with E-state index in [2.05, 4.69) is 0 Å². The molecule has 0 spiro atoms. The predicted octanol–water partition coefficient (Wildman–Crippen LogP) is 5.55. The summed E-state index contributed by atoms with van der Waals surface area (Å²) in [7, 11) is 0. The maximum atomic E-state index is 15.5.